The van der Waals surface area contributed by atoms with Crippen LogP contribution >= 0.6 is 0 Å². The first-order valence-electron chi connectivity index (χ1n) is 5.09. The van der Waals surface area contributed by atoms with Crippen molar-refractivity contribution in [2.24, 2.45) is 27.2 Å². The number of guanidine groups is 2. The van der Waals surface area contributed by atoms with Gasteiger partial charge in [-0.25, -0.2) is 9.38 Å². The molecule has 0 fully saturated rings. The van der Waals surface area contributed by atoms with Crippen LogP contribution in [0, 0.1) is 12.7 Å². The Labute approximate surface area is 99.2 Å². The maximum atomic E-state index is 13.3. The van der Waals surface area contributed by atoms with Gasteiger partial charge in [0.15, 0.2) is 5.96 Å². The van der Waals surface area contributed by atoms with Crippen molar-refractivity contribution in [1.29, 1.82) is 0 Å². The first-order chi connectivity index (χ1) is 7.90. The highest BCUT2D eigenvalue weighted by molar-refractivity contribution is 5.92. The summed E-state index contributed by atoms with van der Waals surface area (Å²) in [6, 6.07) is 4.59. The zero-order valence-corrected chi connectivity index (χ0v) is 9.81. The summed E-state index contributed by atoms with van der Waals surface area (Å²) >= 11 is 0. The highest BCUT2D eigenvalue weighted by Crippen LogP contribution is 2.19. The van der Waals surface area contributed by atoms with Crippen molar-refractivity contribution in [3.05, 3.63) is 35.1 Å². The smallest absolute Gasteiger partial charge is 0.219 e. The minimum Gasteiger partial charge on any atom is -0.370 e. The molecule has 0 aliphatic heterocycles. The SMILES string of the molecule is Cc1ccc(C(C)N=C(N)N=C(N)N)cc1F. The van der Waals surface area contributed by atoms with Gasteiger partial charge in [-0.3, -0.25) is 0 Å². The third-order valence-corrected chi connectivity index (χ3v) is 2.25. The Hall–Kier alpha value is -2.11. The average molecular weight is 237 g/mol. The number of nitrogens with zero attached hydrogens (tertiary/aromatic N) is 2. The van der Waals surface area contributed by atoms with Crippen molar-refractivity contribution in [3.63, 3.8) is 0 Å². The largest absolute Gasteiger partial charge is 0.370 e. The lowest BCUT2D eigenvalue weighted by Crippen LogP contribution is -2.26. The van der Waals surface area contributed by atoms with Gasteiger partial charge in [0.2, 0.25) is 5.96 Å². The standard InChI is InChI=1S/C11H16FN5/c1-6-3-4-8(5-9(6)12)7(2)16-11(15)17-10(13)14/h3-5,7H,1-2H3,(H6,13,14,15,16,17). The van der Waals surface area contributed by atoms with E-state index in [-0.39, 0.29) is 23.8 Å². The predicted octanol–water partition coefficient (Wildman–Crippen LogP) is 0.783. The van der Waals surface area contributed by atoms with E-state index in [0.717, 1.165) is 0 Å². The lowest BCUT2D eigenvalue weighted by atomic mass is 10.1. The minimum absolute atomic E-state index is 0.0292. The van der Waals surface area contributed by atoms with Crippen molar-refractivity contribution in [2.45, 2.75) is 19.9 Å². The number of rotatable bonds is 2. The number of aryl methyl sites for hydroxylation is 1. The number of hydrogen-bond donors (Lipinski definition) is 3. The maximum absolute atomic E-state index is 13.3. The molecule has 0 saturated heterocycles. The van der Waals surface area contributed by atoms with E-state index < -0.39 is 0 Å². The fourth-order valence-corrected chi connectivity index (χ4v) is 1.30. The van der Waals surface area contributed by atoms with Crippen molar-refractivity contribution >= 4 is 11.9 Å². The molecule has 1 rings (SSSR count). The van der Waals surface area contributed by atoms with Crippen LogP contribution in [0.25, 0.3) is 0 Å². The average Bonchev–Trinajstić information content (AvgIpc) is 2.20. The van der Waals surface area contributed by atoms with Gasteiger partial charge in [-0.1, -0.05) is 12.1 Å². The number of hydrogen-bond acceptors (Lipinski definition) is 1. The van der Waals surface area contributed by atoms with Crippen LogP contribution in [0.2, 0.25) is 0 Å². The predicted molar refractivity (Wildman–Crippen MR) is 67.0 cm³/mol. The quantitative estimate of drug-likeness (QED) is 0.523. The van der Waals surface area contributed by atoms with E-state index in [4.69, 9.17) is 17.2 Å². The van der Waals surface area contributed by atoms with Crippen LogP contribution < -0.4 is 17.2 Å². The molecular formula is C11H16FN5. The molecule has 0 aromatic heterocycles. The van der Waals surface area contributed by atoms with Crippen molar-refractivity contribution in [3.8, 4) is 0 Å². The van der Waals surface area contributed by atoms with E-state index >= 15 is 0 Å². The lowest BCUT2D eigenvalue weighted by molar-refractivity contribution is 0.613. The van der Waals surface area contributed by atoms with Gasteiger partial charge in [-0.15, -0.1) is 0 Å². The summed E-state index contributed by atoms with van der Waals surface area (Å²) < 4.78 is 13.3. The molecule has 0 saturated carbocycles. The molecule has 92 valence electrons. The van der Waals surface area contributed by atoms with Gasteiger partial charge in [0.05, 0.1) is 6.04 Å². The van der Waals surface area contributed by atoms with Gasteiger partial charge in [0.1, 0.15) is 5.82 Å². The summed E-state index contributed by atoms with van der Waals surface area (Å²) in [7, 11) is 0. The Morgan fingerprint density at radius 1 is 1.29 bits per heavy atom. The second kappa shape index (κ2) is 5.29. The molecule has 1 unspecified atom stereocenters. The summed E-state index contributed by atoms with van der Waals surface area (Å²) in [6.07, 6.45) is 0. The van der Waals surface area contributed by atoms with E-state index in [1.54, 1.807) is 26.0 Å². The van der Waals surface area contributed by atoms with E-state index in [1.165, 1.54) is 6.07 Å². The van der Waals surface area contributed by atoms with Crippen LogP contribution in [0.1, 0.15) is 24.1 Å². The summed E-state index contributed by atoms with van der Waals surface area (Å²) in [4.78, 5) is 7.63. The maximum Gasteiger partial charge on any atom is 0.219 e. The monoisotopic (exact) mass is 237 g/mol. The molecule has 6 heteroatoms. The van der Waals surface area contributed by atoms with E-state index in [2.05, 4.69) is 9.98 Å². The second-order valence-electron chi connectivity index (χ2n) is 3.71. The number of benzene rings is 1. The highest BCUT2D eigenvalue weighted by Gasteiger charge is 2.07. The normalized spacial score (nSPS) is 13.2. The molecule has 1 aromatic rings. The van der Waals surface area contributed by atoms with E-state index in [0.29, 0.717) is 11.1 Å². The van der Waals surface area contributed by atoms with Gasteiger partial charge in [0, 0.05) is 0 Å². The van der Waals surface area contributed by atoms with Crippen LogP contribution in [-0.2, 0) is 0 Å². The van der Waals surface area contributed by atoms with Crippen LogP contribution in [-0.4, -0.2) is 11.9 Å². The van der Waals surface area contributed by atoms with Crippen molar-refractivity contribution in [1.82, 2.24) is 0 Å². The first kappa shape index (κ1) is 13.0. The number of nitrogens with two attached hydrogens (primary N) is 3. The fourth-order valence-electron chi connectivity index (χ4n) is 1.30. The summed E-state index contributed by atoms with van der Waals surface area (Å²) in [5.74, 6) is -0.461. The molecule has 1 aromatic carbocycles. The molecule has 5 nitrogen and oxygen atoms in total. The summed E-state index contributed by atoms with van der Waals surface area (Å²) in [5, 5.41) is 0. The van der Waals surface area contributed by atoms with Gasteiger partial charge >= 0.3 is 0 Å². The fraction of sp³-hybridized carbons (Fsp3) is 0.273. The van der Waals surface area contributed by atoms with E-state index in [1.807, 2.05) is 0 Å². The Bertz CT molecular complexity index is 463. The topological polar surface area (TPSA) is 103 Å². The van der Waals surface area contributed by atoms with E-state index in [9.17, 15) is 4.39 Å². The minimum atomic E-state index is -0.312. The molecular weight excluding hydrogens is 221 g/mol. The van der Waals surface area contributed by atoms with Gasteiger partial charge in [-0.2, -0.15) is 4.99 Å². The van der Waals surface area contributed by atoms with Gasteiger partial charge in [-0.05, 0) is 31.0 Å². The molecule has 0 aliphatic rings. The molecule has 17 heavy (non-hydrogen) atoms. The highest BCUT2D eigenvalue weighted by atomic mass is 19.1. The van der Waals surface area contributed by atoms with Crippen LogP contribution in [0.15, 0.2) is 28.2 Å². The Morgan fingerprint density at radius 3 is 2.47 bits per heavy atom. The number of halogens is 1. The molecule has 0 heterocycles. The third kappa shape index (κ3) is 3.75. The Morgan fingerprint density at radius 2 is 1.94 bits per heavy atom. The second-order valence-corrected chi connectivity index (χ2v) is 3.71. The summed E-state index contributed by atoms with van der Waals surface area (Å²) in [6.45, 7) is 3.47. The van der Waals surface area contributed by atoms with Crippen LogP contribution in [0.4, 0.5) is 4.39 Å². The first-order valence-corrected chi connectivity index (χ1v) is 5.09. The summed E-state index contributed by atoms with van der Waals surface area (Å²) in [5.41, 5.74) is 17.1. The van der Waals surface area contributed by atoms with Crippen LogP contribution in [0.5, 0.6) is 0 Å². The molecule has 0 amide bonds. The lowest BCUT2D eigenvalue weighted by Gasteiger charge is -2.08. The molecule has 0 bridgehead atoms. The van der Waals surface area contributed by atoms with Crippen molar-refractivity contribution < 1.29 is 4.39 Å². The van der Waals surface area contributed by atoms with Crippen molar-refractivity contribution in [2.75, 3.05) is 0 Å². The number of aliphatic imine (C=N–C) groups is 2. The van der Waals surface area contributed by atoms with Gasteiger partial charge < -0.3 is 17.2 Å². The third-order valence-electron chi connectivity index (χ3n) is 2.25. The zero-order chi connectivity index (χ0) is 13.0. The molecule has 1 atom stereocenters. The molecule has 0 radical (unpaired) electrons. The Kier molecular flexibility index (Phi) is 4.03. The Balaban J connectivity index is 2.93. The molecule has 6 N–H and O–H groups in total. The van der Waals surface area contributed by atoms with Gasteiger partial charge in [0.25, 0.3) is 0 Å². The zero-order valence-electron chi connectivity index (χ0n) is 9.81. The van der Waals surface area contributed by atoms with Crippen LogP contribution in [0.3, 0.4) is 0 Å². The molecule has 0 spiro atoms. The molecule has 0 aliphatic carbocycles.